The first-order valence-electron chi connectivity index (χ1n) is 14.2. The number of benzene rings is 4. The van der Waals surface area contributed by atoms with E-state index in [0.29, 0.717) is 0 Å². The molecule has 0 saturated carbocycles. The van der Waals surface area contributed by atoms with Crippen molar-refractivity contribution in [2.24, 2.45) is 0 Å². The van der Waals surface area contributed by atoms with Crippen molar-refractivity contribution in [1.29, 1.82) is 0 Å². The molecule has 0 unspecified atom stereocenters. The molecule has 0 aliphatic heterocycles. The second kappa shape index (κ2) is 15.8. The highest BCUT2D eigenvalue weighted by Crippen LogP contribution is 2.31. The third-order valence-corrected chi connectivity index (χ3v) is 9.88. The van der Waals surface area contributed by atoms with Crippen LogP contribution in [0.1, 0.15) is 67.7 Å². The summed E-state index contributed by atoms with van der Waals surface area (Å²) in [5.74, 6) is 0. The first-order valence-corrected chi connectivity index (χ1v) is 16.8. The second-order valence-corrected chi connectivity index (χ2v) is 13.8. The highest BCUT2D eigenvalue weighted by atomic mass is 32.2. The monoisotopic (exact) mass is 574 g/mol. The maximum atomic E-state index is 10.7. The lowest BCUT2D eigenvalue weighted by Gasteiger charge is -2.09. The topological polar surface area (TPSA) is 57.2 Å². The summed E-state index contributed by atoms with van der Waals surface area (Å²) in [4.78, 5) is 3.98. The van der Waals surface area contributed by atoms with Gasteiger partial charge in [0, 0.05) is 0 Å². The van der Waals surface area contributed by atoms with Gasteiger partial charge < -0.3 is 4.55 Å². The number of unbranched alkanes of at least 4 members (excludes halogenated alkanes) is 5. The van der Waals surface area contributed by atoms with Crippen molar-refractivity contribution in [2.75, 3.05) is 0 Å². The molecule has 0 amide bonds. The zero-order chi connectivity index (χ0) is 29.0. The van der Waals surface area contributed by atoms with Crippen molar-refractivity contribution in [3.8, 4) is 0 Å². The summed E-state index contributed by atoms with van der Waals surface area (Å²) in [5, 5.41) is 0. The third-order valence-electron chi connectivity index (χ3n) is 6.80. The van der Waals surface area contributed by atoms with Gasteiger partial charge in [-0.3, -0.25) is 0 Å². The SMILES string of the molecule is CCCCCCCCc1ccc(S(=O)(=O)[O-])cc1.Cc1ccc([S+](c2ccc(C)cc2)c2ccc(C)cc2)cc1. The van der Waals surface area contributed by atoms with Gasteiger partial charge in [0.1, 0.15) is 10.1 Å². The van der Waals surface area contributed by atoms with Gasteiger partial charge in [-0.1, -0.05) is 104 Å². The summed E-state index contributed by atoms with van der Waals surface area (Å²) in [5.41, 5.74) is 5.01. The number of hydrogen-bond acceptors (Lipinski definition) is 3. The highest BCUT2D eigenvalue weighted by molar-refractivity contribution is 7.97. The van der Waals surface area contributed by atoms with Gasteiger partial charge in [0.05, 0.1) is 15.8 Å². The molecule has 0 radical (unpaired) electrons. The van der Waals surface area contributed by atoms with Crippen LogP contribution in [0.5, 0.6) is 0 Å². The van der Waals surface area contributed by atoms with Gasteiger partial charge in [0.2, 0.25) is 0 Å². The van der Waals surface area contributed by atoms with Gasteiger partial charge in [-0.25, -0.2) is 8.42 Å². The molecule has 0 heterocycles. The second-order valence-electron chi connectivity index (χ2n) is 10.4. The molecule has 0 N–H and O–H groups in total. The summed E-state index contributed by atoms with van der Waals surface area (Å²) in [6.45, 7) is 8.62. The Morgan fingerprint density at radius 3 is 1.30 bits per heavy atom. The van der Waals surface area contributed by atoms with Crippen LogP contribution in [0.15, 0.2) is 117 Å². The van der Waals surface area contributed by atoms with E-state index in [2.05, 4.69) is 100 Å². The Kier molecular flexibility index (Phi) is 12.5. The van der Waals surface area contributed by atoms with Crippen LogP contribution in [-0.4, -0.2) is 13.0 Å². The molecular weight excluding hydrogens is 533 g/mol. The highest BCUT2D eigenvalue weighted by Gasteiger charge is 2.28. The molecule has 4 aromatic rings. The Morgan fingerprint density at radius 2 is 0.925 bits per heavy atom. The lowest BCUT2D eigenvalue weighted by atomic mass is 10.1. The zero-order valence-electron chi connectivity index (χ0n) is 24.2. The zero-order valence-corrected chi connectivity index (χ0v) is 25.9. The molecule has 0 saturated heterocycles. The van der Waals surface area contributed by atoms with Gasteiger partial charge in [-0.05, 0) is 87.7 Å². The minimum absolute atomic E-state index is 0.0394. The maximum absolute atomic E-state index is 10.7. The molecular formula is C35H42O3S2. The van der Waals surface area contributed by atoms with Crippen LogP contribution in [0, 0.1) is 20.8 Å². The molecule has 0 spiro atoms. The first-order chi connectivity index (χ1) is 19.2. The molecule has 0 bridgehead atoms. The summed E-state index contributed by atoms with van der Waals surface area (Å²) >= 11 is 0. The fourth-order valence-corrected chi connectivity index (χ4v) is 6.87. The Bertz CT molecular complexity index is 1280. The van der Waals surface area contributed by atoms with Gasteiger partial charge in [-0.2, -0.15) is 0 Å². The summed E-state index contributed by atoms with van der Waals surface area (Å²) < 4.78 is 32.2. The fraction of sp³-hybridized carbons (Fsp3) is 0.314. The van der Waals surface area contributed by atoms with Crippen molar-refractivity contribution in [2.45, 2.75) is 92.2 Å². The Labute approximate surface area is 244 Å². The predicted molar refractivity (Wildman–Crippen MR) is 167 cm³/mol. The van der Waals surface area contributed by atoms with E-state index < -0.39 is 10.1 Å². The van der Waals surface area contributed by atoms with Crippen LogP contribution in [0.3, 0.4) is 0 Å². The fourth-order valence-electron chi connectivity index (χ4n) is 4.36. The summed E-state index contributed by atoms with van der Waals surface area (Å²) in [6, 6.07) is 33.1. The Morgan fingerprint density at radius 1 is 0.550 bits per heavy atom. The van der Waals surface area contributed by atoms with Crippen LogP contribution < -0.4 is 0 Å². The lowest BCUT2D eigenvalue weighted by Crippen LogP contribution is -2.04. The van der Waals surface area contributed by atoms with Crippen molar-refractivity contribution in [3.05, 3.63) is 119 Å². The molecule has 0 aliphatic rings. The standard InChI is InChI=1S/C21H21S.C14H22O3S/c1-16-4-10-19(11-5-16)22(20-12-6-17(2)7-13-20)21-14-8-18(3)9-15-21;1-2-3-4-5-6-7-8-13-9-11-14(12-10-13)18(15,16)17/h4-15H,1-3H3;9-12H,2-8H2,1H3,(H,15,16,17)/q+1;/p-1. The van der Waals surface area contributed by atoms with Gasteiger partial charge in [-0.15, -0.1) is 0 Å². The minimum Gasteiger partial charge on any atom is -0.744 e. The van der Waals surface area contributed by atoms with Crippen molar-refractivity contribution in [1.82, 2.24) is 0 Å². The van der Waals surface area contributed by atoms with E-state index >= 15 is 0 Å². The van der Waals surface area contributed by atoms with Gasteiger partial charge in [0.15, 0.2) is 14.7 Å². The minimum atomic E-state index is -4.31. The number of aryl methyl sites for hydroxylation is 4. The van der Waals surface area contributed by atoms with Crippen LogP contribution in [0.4, 0.5) is 0 Å². The molecule has 5 heteroatoms. The van der Waals surface area contributed by atoms with E-state index in [1.165, 1.54) is 75.6 Å². The Hall–Kier alpha value is -2.86. The van der Waals surface area contributed by atoms with Crippen molar-refractivity contribution >= 4 is 21.0 Å². The largest absolute Gasteiger partial charge is 0.744 e. The predicted octanol–water partition coefficient (Wildman–Crippen LogP) is 9.20. The van der Waals surface area contributed by atoms with Crippen LogP contribution in [-0.2, 0) is 27.4 Å². The van der Waals surface area contributed by atoms with Crippen LogP contribution in [0.25, 0.3) is 0 Å². The smallest absolute Gasteiger partial charge is 0.166 e. The van der Waals surface area contributed by atoms with E-state index in [4.69, 9.17) is 0 Å². The van der Waals surface area contributed by atoms with Crippen molar-refractivity contribution < 1.29 is 13.0 Å². The lowest BCUT2D eigenvalue weighted by molar-refractivity contribution is 0.463. The summed E-state index contributed by atoms with van der Waals surface area (Å²) in [6.07, 6.45) is 8.39. The molecule has 0 atom stereocenters. The van der Waals surface area contributed by atoms with E-state index in [0.717, 1.165) is 18.4 Å². The molecule has 4 rings (SSSR count). The molecule has 40 heavy (non-hydrogen) atoms. The van der Waals surface area contributed by atoms with E-state index in [1.807, 2.05) is 0 Å². The molecule has 4 aromatic carbocycles. The quantitative estimate of drug-likeness (QED) is 0.102. The molecule has 0 aromatic heterocycles. The van der Waals surface area contributed by atoms with Gasteiger partial charge >= 0.3 is 0 Å². The van der Waals surface area contributed by atoms with Gasteiger partial charge in [0.25, 0.3) is 0 Å². The molecule has 3 nitrogen and oxygen atoms in total. The average Bonchev–Trinajstić information content (AvgIpc) is 2.94. The normalized spacial score (nSPS) is 11.2. The van der Waals surface area contributed by atoms with Crippen LogP contribution >= 0.6 is 0 Å². The van der Waals surface area contributed by atoms with E-state index in [-0.39, 0.29) is 15.8 Å². The molecule has 0 fully saturated rings. The maximum Gasteiger partial charge on any atom is 0.166 e. The van der Waals surface area contributed by atoms with E-state index in [9.17, 15) is 13.0 Å². The third kappa shape index (κ3) is 10.3. The first kappa shape index (κ1) is 31.7. The molecule has 0 aliphatic carbocycles. The van der Waals surface area contributed by atoms with Crippen molar-refractivity contribution in [3.63, 3.8) is 0 Å². The summed E-state index contributed by atoms with van der Waals surface area (Å²) in [7, 11) is -4.34. The van der Waals surface area contributed by atoms with Crippen LogP contribution in [0.2, 0.25) is 0 Å². The Balaban J connectivity index is 0.000000226. The number of hydrogen-bond donors (Lipinski definition) is 0. The average molecular weight is 575 g/mol. The van der Waals surface area contributed by atoms with E-state index in [1.54, 1.807) is 12.1 Å². The number of rotatable bonds is 11. The molecule has 212 valence electrons.